The summed E-state index contributed by atoms with van der Waals surface area (Å²) >= 11 is 0. The molecule has 1 aromatic carbocycles. The van der Waals surface area contributed by atoms with Crippen LogP contribution >= 0.6 is 0 Å². The van der Waals surface area contributed by atoms with Crippen molar-refractivity contribution in [2.75, 3.05) is 6.54 Å². The first-order chi connectivity index (χ1) is 11.1. The van der Waals surface area contributed by atoms with Gasteiger partial charge in [0, 0.05) is 47.9 Å². The number of rotatable bonds is 2. The van der Waals surface area contributed by atoms with Crippen LogP contribution in [-0.4, -0.2) is 34.2 Å². The Kier molecular flexibility index (Phi) is 3.29. The molecule has 2 aromatic rings. The van der Waals surface area contributed by atoms with E-state index >= 15 is 0 Å². The summed E-state index contributed by atoms with van der Waals surface area (Å²) < 4.78 is 0. The Balaban J connectivity index is 1.83. The zero-order chi connectivity index (χ0) is 16.1. The molecule has 0 bridgehead atoms. The largest absolute Gasteiger partial charge is 0.361 e. The van der Waals surface area contributed by atoms with Crippen LogP contribution in [-0.2, 0) is 16.0 Å². The number of carbonyl (C=O) groups is 2. The number of hydrogen-bond donors (Lipinski definition) is 1. The van der Waals surface area contributed by atoms with Gasteiger partial charge in [0.15, 0.2) is 0 Å². The number of aromatic nitrogens is 1. The lowest BCUT2D eigenvalue weighted by atomic mass is 9.71. The Morgan fingerprint density at radius 3 is 2.91 bits per heavy atom. The molecule has 1 unspecified atom stereocenters. The second-order valence-corrected chi connectivity index (χ2v) is 6.90. The molecule has 4 rings (SSSR count). The number of likely N-dealkylation sites (tertiary alicyclic amines) is 1. The van der Waals surface area contributed by atoms with Crippen molar-refractivity contribution < 1.29 is 9.59 Å². The zero-order valence-corrected chi connectivity index (χ0v) is 13.6. The van der Waals surface area contributed by atoms with Crippen LogP contribution in [0.3, 0.4) is 0 Å². The SMILES string of the molecule is CCC(=O)N1C[C@H](C(C)=O)CC2c3cccc4[nH]cc(c34)C[C@H]21. The molecule has 0 saturated carbocycles. The predicted octanol–water partition coefficient (Wildman–Crippen LogP) is 3.02. The average molecular weight is 310 g/mol. The predicted molar refractivity (Wildman–Crippen MR) is 89.3 cm³/mol. The van der Waals surface area contributed by atoms with E-state index in [9.17, 15) is 9.59 Å². The molecule has 1 N–H and O–H groups in total. The van der Waals surface area contributed by atoms with Crippen molar-refractivity contribution in [3.63, 3.8) is 0 Å². The molecule has 0 radical (unpaired) electrons. The summed E-state index contributed by atoms with van der Waals surface area (Å²) in [5, 5.41) is 1.31. The first kappa shape index (κ1) is 14.5. The van der Waals surface area contributed by atoms with Crippen molar-refractivity contribution in [1.29, 1.82) is 0 Å². The average Bonchev–Trinajstić information content (AvgIpc) is 2.98. The number of benzene rings is 1. The Morgan fingerprint density at radius 2 is 2.17 bits per heavy atom. The van der Waals surface area contributed by atoms with Crippen LogP contribution in [0.15, 0.2) is 24.4 Å². The van der Waals surface area contributed by atoms with Crippen LogP contribution in [0, 0.1) is 5.92 Å². The van der Waals surface area contributed by atoms with Crippen molar-refractivity contribution in [3.05, 3.63) is 35.5 Å². The van der Waals surface area contributed by atoms with Crippen molar-refractivity contribution in [1.82, 2.24) is 9.88 Å². The normalized spacial score (nSPS) is 26.2. The van der Waals surface area contributed by atoms with Crippen LogP contribution in [0.1, 0.15) is 43.7 Å². The standard InChI is InChI=1S/C19H22N2O2/c1-3-18(23)21-10-13(11(2)22)7-15-14-5-4-6-16-19(14)12(9-20-16)8-17(15)21/h4-6,9,13,15,17,20H,3,7-8,10H2,1-2H3/t13-,15?,17-/m1/s1. The number of piperidine rings is 1. The maximum atomic E-state index is 12.5. The number of amides is 1. The van der Waals surface area contributed by atoms with E-state index < -0.39 is 0 Å². The van der Waals surface area contributed by atoms with Gasteiger partial charge in [0.1, 0.15) is 5.78 Å². The fourth-order valence-corrected chi connectivity index (χ4v) is 4.48. The van der Waals surface area contributed by atoms with E-state index in [1.807, 2.05) is 11.8 Å². The molecule has 1 fully saturated rings. The van der Waals surface area contributed by atoms with E-state index in [0.717, 1.165) is 18.4 Å². The van der Waals surface area contributed by atoms with Crippen LogP contribution in [0.25, 0.3) is 10.9 Å². The number of aromatic amines is 1. The number of H-pyrrole nitrogens is 1. The minimum atomic E-state index is -0.0394. The zero-order valence-electron chi connectivity index (χ0n) is 13.6. The molecule has 1 amide bonds. The van der Waals surface area contributed by atoms with E-state index in [4.69, 9.17) is 0 Å². The van der Waals surface area contributed by atoms with Crippen molar-refractivity contribution in [2.24, 2.45) is 5.92 Å². The third-order valence-electron chi connectivity index (χ3n) is 5.67. The van der Waals surface area contributed by atoms with Gasteiger partial charge in [-0.2, -0.15) is 0 Å². The van der Waals surface area contributed by atoms with Gasteiger partial charge in [-0.05, 0) is 37.0 Å². The summed E-state index contributed by atoms with van der Waals surface area (Å²) in [5.74, 6) is 0.587. The lowest BCUT2D eigenvalue weighted by Crippen LogP contribution is -2.53. The highest BCUT2D eigenvalue weighted by atomic mass is 16.2. The maximum Gasteiger partial charge on any atom is 0.222 e. The molecule has 120 valence electrons. The first-order valence-corrected chi connectivity index (χ1v) is 8.49. The minimum Gasteiger partial charge on any atom is -0.361 e. The van der Waals surface area contributed by atoms with E-state index in [2.05, 4.69) is 29.4 Å². The molecular formula is C19H22N2O2. The summed E-state index contributed by atoms with van der Waals surface area (Å²) in [4.78, 5) is 29.8. The van der Waals surface area contributed by atoms with Crippen LogP contribution in [0.5, 0.6) is 0 Å². The number of ketones is 1. The third kappa shape index (κ3) is 2.12. The second-order valence-electron chi connectivity index (χ2n) is 6.90. The monoisotopic (exact) mass is 310 g/mol. The van der Waals surface area contributed by atoms with Crippen molar-refractivity contribution in [3.8, 4) is 0 Å². The number of nitrogens with zero attached hydrogens (tertiary/aromatic N) is 1. The van der Waals surface area contributed by atoms with Crippen LogP contribution < -0.4 is 0 Å². The van der Waals surface area contributed by atoms with Gasteiger partial charge in [-0.1, -0.05) is 19.1 Å². The second kappa shape index (κ2) is 5.22. The van der Waals surface area contributed by atoms with Gasteiger partial charge in [0.2, 0.25) is 5.91 Å². The summed E-state index contributed by atoms with van der Waals surface area (Å²) in [5.41, 5.74) is 3.76. The highest BCUT2D eigenvalue weighted by Gasteiger charge is 2.43. The van der Waals surface area contributed by atoms with E-state index in [0.29, 0.717) is 13.0 Å². The lowest BCUT2D eigenvalue weighted by Gasteiger charge is -2.46. The highest BCUT2D eigenvalue weighted by molar-refractivity contribution is 5.89. The number of hydrogen-bond acceptors (Lipinski definition) is 2. The van der Waals surface area contributed by atoms with Gasteiger partial charge >= 0.3 is 0 Å². The highest BCUT2D eigenvalue weighted by Crippen LogP contribution is 2.45. The summed E-state index contributed by atoms with van der Waals surface area (Å²) in [6.07, 6.45) is 4.32. The molecule has 4 nitrogen and oxygen atoms in total. The van der Waals surface area contributed by atoms with Crippen LogP contribution in [0.4, 0.5) is 0 Å². The van der Waals surface area contributed by atoms with Gasteiger partial charge in [-0.25, -0.2) is 0 Å². The van der Waals surface area contributed by atoms with Gasteiger partial charge in [-0.3, -0.25) is 9.59 Å². The molecule has 3 atom stereocenters. The quantitative estimate of drug-likeness (QED) is 0.927. The molecule has 1 aliphatic heterocycles. The lowest BCUT2D eigenvalue weighted by molar-refractivity contribution is -0.138. The summed E-state index contributed by atoms with van der Waals surface area (Å²) in [6.45, 7) is 4.14. The summed E-state index contributed by atoms with van der Waals surface area (Å²) in [6, 6.07) is 6.53. The number of carbonyl (C=O) groups excluding carboxylic acids is 2. The van der Waals surface area contributed by atoms with Gasteiger partial charge in [0.05, 0.1) is 0 Å². The van der Waals surface area contributed by atoms with Gasteiger partial charge < -0.3 is 9.88 Å². The topological polar surface area (TPSA) is 53.2 Å². The van der Waals surface area contributed by atoms with E-state index in [-0.39, 0.29) is 29.6 Å². The fraction of sp³-hybridized carbons (Fsp3) is 0.474. The Morgan fingerprint density at radius 1 is 1.35 bits per heavy atom. The Bertz CT molecular complexity index is 792. The molecule has 2 aliphatic rings. The number of fused-ring (bicyclic) bond motifs is 2. The maximum absolute atomic E-state index is 12.5. The van der Waals surface area contributed by atoms with Crippen molar-refractivity contribution >= 4 is 22.6 Å². The molecule has 0 spiro atoms. The Hall–Kier alpha value is -2.10. The van der Waals surface area contributed by atoms with Gasteiger partial charge in [-0.15, -0.1) is 0 Å². The smallest absolute Gasteiger partial charge is 0.222 e. The molecule has 1 saturated heterocycles. The van der Waals surface area contributed by atoms with E-state index in [1.54, 1.807) is 6.92 Å². The first-order valence-electron chi connectivity index (χ1n) is 8.49. The molecule has 1 aliphatic carbocycles. The number of nitrogens with one attached hydrogen (secondary N) is 1. The molecule has 4 heteroatoms. The molecule has 1 aromatic heterocycles. The molecular weight excluding hydrogens is 288 g/mol. The minimum absolute atomic E-state index is 0.0394. The van der Waals surface area contributed by atoms with Crippen LogP contribution in [0.2, 0.25) is 0 Å². The fourth-order valence-electron chi connectivity index (χ4n) is 4.48. The van der Waals surface area contributed by atoms with E-state index in [1.165, 1.54) is 16.5 Å². The number of Topliss-reactive ketones (excluding diaryl/α,β-unsaturated/α-hetero) is 1. The Labute approximate surface area is 135 Å². The van der Waals surface area contributed by atoms with Crippen molar-refractivity contribution in [2.45, 2.75) is 45.1 Å². The molecule has 2 heterocycles. The summed E-state index contributed by atoms with van der Waals surface area (Å²) in [7, 11) is 0. The van der Waals surface area contributed by atoms with Gasteiger partial charge in [0.25, 0.3) is 0 Å². The third-order valence-corrected chi connectivity index (χ3v) is 5.67. The molecule has 23 heavy (non-hydrogen) atoms.